The summed E-state index contributed by atoms with van der Waals surface area (Å²) in [6.45, 7) is 1.61. The summed E-state index contributed by atoms with van der Waals surface area (Å²) >= 11 is 1.68. The predicted octanol–water partition coefficient (Wildman–Crippen LogP) is 2.97. The number of rotatable bonds is 2. The third kappa shape index (κ3) is 2.47. The van der Waals surface area contributed by atoms with Crippen LogP contribution in [0.15, 0.2) is 49.2 Å². The molecule has 142 valence electrons. The van der Waals surface area contributed by atoms with Crippen LogP contribution in [0.1, 0.15) is 10.4 Å². The van der Waals surface area contributed by atoms with Gasteiger partial charge in [-0.1, -0.05) is 18.2 Å². The normalized spacial score (nSPS) is 13.9. The van der Waals surface area contributed by atoms with E-state index in [9.17, 15) is 0 Å². The summed E-state index contributed by atoms with van der Waals surface area (Å²) in [6, 6.07) is 10.0. The molecule has 0 saturated carbocycles. The first-order valence-electron chi connectivity index (χ1n) is 9.29. The van der Waals surface area contributed by atoms with E-state index in [-0.39, 0.29) is 0 Å². The Balaban J connectivity index is 1.43. The van der Waals surface area contributed by atoms with Gasteiger partial charge in [0.2, 0.25) is 0 Å². The van der Waals surface area contributed by atoms with Crippen LogP contribution in [0.2, 0.25) is 0 Å². The van der Waals surface area contributed by atoms with E-state index >= 15 is 0 Å². The molecule has 1 aromatic carbocycles. The number of fused-ring (bicyclic) bond motifs is 4. The van der Waals surface area contributed by atoms with Crippen LogP contribution >= 0.6 is 11.3 Å². The van der Waals surface area contributed by atoms with Crippen molar-refractivity contribution in [3.8, 4) is 5.69 Å². The van der Waals surface area contributed by atoms with E-state index in [1.165, 1.54) is 16.8 Å². The molecule has 0 spiro atoms. The van der Waals surface area contributed by atoms with Crippen LogP contribution in [0.25, 0.3) is 26.9 Å². The van der Waals surface area contributed by atoms with Gasteiger partial charge in [0, 0.05) is 11.4 Å². The van der Waals surface area contributed by atoms with Gasteiger partial charge in [0.25, 0.3) is 0 Å². The van der Waals surface area contributed by atoms with E-state index in [2.05, 4.69) is 29.9 Å². The van der Waals surface area contributed by atoms with Crippen molar-refractivity contribution in [1.29, 1.82) is 0 Å². The van der Waals surface area contributed by atoms with Crippen LogP contribution in [-0.4, -0.2) is 36.3 Å². The number of para-hydroxylation sites is 1. The summed E-state index contributed by atoms with van der Waals surface area (Å²) in [5, 5.41) is 6.52. The molecule has 6 rings (SSSR count). The van der Waals surface area contributed by atoms with E-state index < -0.39 is 0 Å². The van der Waals surface area contributed by atoms with Crippen LogP contribution in [0.4, 0.5) is 11.6 Å². The zero-order valence-electron chi connectivity index (χ0n) is 15.4. The van der Waals surface area contributed by atoms with Crippen molar-refractivity contribution >= 4 is 44.2 Å². The fourth-order valence-electron chi connectivity index (χ4n) is 3.97. The Morgan fingerprint density at radius 1 is 1.00 bits per heavy atom. The van der Waals surface area contributed by atoms with Crippen LogP contribution in [0.3, 0.4) is 0 Å². The highest BCUT2D eigenvalue weighted by atomic mass is 32.1. The molecule has 0 bridgehead atoms. The summed E-state index contributed by atoms with van der Waals surface area (Å²) in [5.41, 5.74) is 9.16. The maximum absolute atomic E-state index is 6.11. The minimum atomic E-state index is 0.564. The number of nitrogens with two attached hydrogens (primary N) is 1. The van der Waals surface area contributed by atoms with Crippen LogP contribution in [0.5, 0.6) is 0 Å². The second kappa shape index (κ2) is 6.21. The van der Waals surface area contributed by atoms with Gasteiger partial charge in [-0.05, 0) is 24.1 Å². The van der Waals surface area contributed by atoms with Gasteiger partial charge in [-0.3, -0.25) is 0 Å². The Morgan fingerprint density at radius 3 is 2.76 bits per heavy atom. The first kappa shape index (κ1) is 16.4. The average Bonchev–Trinajstić information content (AvgIpc) is 3.36. The van der Waals surface area contributed by atoms with Gasteiger partial charge in [0.1, 0.15) is 29.1 Å². The third-order valence-electron chi connectivity index (χ3n) is 5.31. The molecule has 0 radical (unpaired) electrons. The molecular formula is C20H16N8S. The lowest BCUT2D eigenvalue weighted by Crippen LogP contribution is -2.30. The Bertz CT molecular complexity index is 1360. The second-order valence-corrected chi connectivity index (χ2v) is 8.02. The van der Waals surface area contributed by atoms with Crippen molar-refractivity contribution in [2.24, 2.45) is 0 Å². The van der Waals surface area contributed by atoms with Gasteiger partial charge in [-0.25, -0.2) is 24.6 Å². The predicted molar refractivity (Wildman–Crippen MR) is 113 cm³/mol. The minimum Gasteiger partial charge on any atom is -0.383 e. The highest BCUT2D eigenvalue weighted by Crippen LogP contribution is 2.38. The molecule has 0 amide bonds. The highest BCUT2D eigenvalue weighted by molar-refractivity contribution is 7.19. The Kier molecular flexibility index (Phi) is 3.51. The summed E-state index contributed by atoms with van der Waals surface area (Å²) in [5.74, 6) is 1.47. The molecular weight excluding hydrogens is 384 g/mol. The van der Waals surface area contributed by atoms with Crippen molar-refractivity contribution in [3.63, 3.8) is 0 Å². The number of nitrogen functional groups attached to an aromatic ring is 1. The van der Waals surface area contributed by atoms with Crippen LogP contribution < -0.4 is 10.6 Å². The molecule has 1 aliphatic heterocycles. The molecule has 0 aliphatic carbocycles. The van der Waals surface area contributed by atoms with Crippen molar-refractivity contribution < 1.29 is 0 Å². The quantitative estimate of drug-likeness (QED) is 0.486. The van der Waals surface area contributed by atoms with Gasteiger partial charge in [0.05, 0.1) is 29.2 Å². The zero-order chi connectivity index (χ0) is 19.4. The molecule has 1 aliphatic rings. The lowest BCUT2D eigenvalue weighted by atomic mass is 10.0. The van der Waals surface area contributed by atoms with E-state index in [0.29, 0.717) is 5.82 Å². The number of thiophene rings is 1. The highest BCUT2D eigenvalue weighted by Gasteiger charge is 2.25. The zero-order valence-corrected chi connectivity index (χ0v) is 16.2. The van der Waals surface area contributed by atoms with Crippen molar-refractivity contribution in [2.45, 2.75) is 13.0 Å². The number of hydrogen-bond donors (Lipinski definition) is 1. The van der Waals surface area contributed by atoms with Gasteiger partial charge in [-0.15, -0.1) is 11.3 Å². The van der Waals surface area contributed by atoms with Gasteiger partial charge in [0.15, 0.2) is 5.65 Å². The molecule has 0 atom stereocenters. The topological polar surface area (TPSA) is 98.6 Å². The molecule has 8 nitrogen and oxygen atoms in total. The van der Waals surface area contributed by atoms with E-state index in [4.69, 9.17) is 5.73 Å². The summed E-state index contributed by atoms with van der Waals surface area (Å²) in [6.07, 6.45) is 5.87. The molecule has 0 unspecified atom stereocenters. The lowest BCUT2D eigenvalue weighted by Gasteiger charge is -2.28. The van der Waals surface area contributed by atoms with Gasteiger partial charge < -0.3 is 10.6 Å². The van der Waals surface area contributed by atoms with E-state index in [1.54, 1.807) is 17.7 Å². The summed E-state index contributed by atoms with van der Waals surface area (Å²) in [4.78, 5) is 22.2. The summed E-state index contributed by atoms with van der Waals surface area (Å²) < 4.78 is 1.85. The molecule has 5 heterocycles. The monoisotopic (exact) mass is 400 g/mol. The molecule has 4 aromatic heterocycles. The largest absolute Gasteiger partial charge is 0.383 e. The van der Waals surface area contributed by atoms with Crippen LogP contribution in [0, 0.1) is 0 Å². The SMILES string of the molecule is Nc1ncnc2sc3c(c12)CCN(c1ncnc2c1cnn2-c1ccccc1)C3. The molecule has 0 saturated heterocycles. The first-order chi connectivity index (χ1) is 14.3. The number of hydrogen-bond acceptors (Lipinski definition) is 8. The van der Waals surface area contributed by atoms with Gasteiger partial charge >= 0.3 is 0 Å². The molecule has 9 heteroatoms. The summed E-state index contributed by atoms with van der Waals surface area (Å²) in [7, 11) is 0. The van der Waals surface area contributed by atoms with Crippen LogP contribution in [-0.2, 0) is 13.0 Å². The van der Waals surface area contributed by atoms with E-state index in [1.807, 2.05) is 41.2 Å². The molecule has 29 heavy (non-hydrogen) atoms. The maximum Gasteiger partial charge on any atom is 0.168 e. The maximum atomic E-state index is 6.11. The van der Waals surface area contributed by atoms with Crippen molar-refractivity contribution in [1.82, 2.24) is 29.7 Å². The molecule has 2 N–H and O–H groups in total. The Labute approximate surface area is 169 Å². The fourth-order valence-corrected chi connectivity index (χ4v) is 5.19. The first-order valence-corrected chi connectivity index (χ1v) is 10.1. The third-order valence-corrected chi connectivity index (χ3v) is 6.44. The molecule has 0 fully saturated rings. The van der Waals surface area contributed by atoms with Crippen molar-refractivity contribution in [3.05, 3.63) is 59.6 Å². The molecule has 5 aromatic rings. The number of nitrogens with zero attached hydrogens (tertiary/aromatic N) is 7. The van der Waals surface area contributed by atoms with E-state index in [0.717, 1.165) is 52.3 Å². The Morgan fingerprint density at radius 2 is 1.86 bits per heavy atom. The number of benzene rings is 1. The number of anilines is 2. The smallest absolute Gasteiger partial charge is 0.168 e. The average molecular weight is 400 g/mol. The second-order valence-electron chi connectivity index (χ2n) is 6.94. The van der Waals surface area contributed by atoms with Gasteiger partial charge in [-0.2, -0.15) is 5.10 Å². The fraction of sp³-hybridized carbons (Fsp3) is 0.150. The standard InChI is InChI=1S/C20H16N8S/c21-17-16-13-6-7-27(9-15(13)29-20(16)25-10-22-17)18-14-8-26-28(19(14)24-11-23-18)12-4-2-1-3-5-12/h1-5,8,10-11H,6-7,9H2,(H2,21,22,25). The Hall–Kier alpha value is -3.59. The van der Waals surface area contributed by atoms with Crippen molar-refractivity contribution in [2.75, 3.05) is 17.2 Å². The lowest BCUT2D eigenvalue weighted by molar-refractivity contribution is 0.738. The minimum absolute atomic E-state index is 0.564. The number of aromatic nitrogens is 6.